The highest BCUT2D eigenvalue weighted by Crippen LogP contribution is 2.48. The number of rotatable bonds is 3. The van der Waals surface area contributed by atoms with E-state index in [-0.39, 0.29) is 11.9 Å². The zero-order chi connectivity index (χ0) is 19.3. The fraction of sp³-hybridized carbons (Fsp3) is 0.450. The van der Waals surface area contributed by atoms with Gasteiger partial charge in [0.25, 0.3) is 5.91 Å². The van der Waals surface area contributed by atoms with Crippen molar-refractivity contribution >= 4 is 28.6 Å². The molecule has 1 saturated heterocycles. The zero-order valence-corrected chi connectivity index (χ0v) is 17.2. The quantitative estimate of drug-likeness (QED) is 0.683. The Hall–Kier alpha value is -2.03. The lowest BCUT2D eigenvalue weighted by atomic mass is 9.91. The van der Waals surface area contributed by atoms with Crippen LogP contribution in [-0.2, 0) is 5.60 Å². The maximum atomic E-state index is 13.3. The number of piperidine rings is 1. The molecule has 5 rings (SSSR count). The molecule has 146 valence electrons. The molecule has 0 aromatic carbocycles. The van der Waals surface area contributed by atoms with Gasteiger partial charge in [-0.25, -0.2) is 4.98 Å². The number of thiophene rings is 1. The maximum Gasteiger partial charge on any atom is 0.254 e. The lowest BCUT2D eigenvalue weighted by Gasteiger charge is -2.37. The van der Waals surface area contributed by atoms with Gasteiger partial charge in [-0.15, -0.1) is 22.7 Å². The molecule has 1 saturated carbocycles. The van der Waals surface area contributed by atoms with E-state index < -0.39 is 5.60 Å². The maximum absolute atomic E-state index is 13.3. The van der Waals surface area contributed by atoms with Crippen LogP contribution in [0, 0.1) is 12.8 Å². The van der Waals surface area contributed by atoms with Crippen molar-refractivity contribution in [2.45, 2.75) is 44.2 Å². The van der Waals surface area contributed by atoms with Crippen LogP contribution in [0.1, 0.15) is 46.7 Å². The van der Waals surface area contributed by atoms with Gasteiger partial charge in [0.05, 0.1) is 11.8 Å². The van der Waals surface area contributed by atoms with E-state index in [1.54, 1.807) is 17.5 Å². The number of hydrogen-bond acceptors (Lipinski definition) is 6. The van der Waals surface area contributed by atoms with E-state index in [9.17, 15) is 9.90 Å². The van der Waals surface area contributed by atoms with Crippen molar-refractivity contribution in [3.05, 3.63) is 45.5 Å². The van der Waals surface area contributed by atoms with Crippen LogP contribution >= 0.6 is 22.7 Å². The van der Waals surface area contributed by atoms with E-state index in [0.29, 0.717) is 18.8 Å². The standard InChI is InChI=1S/C20H22N4O2S2/c1-12-10-28-19(23-12)20(26)6-13-3-2-4-24(16(13)7-20)18(25)14-5-17(27-11-14)15-8-21-22-9-15/h5,8-11,13,16,26H,2-4,6-7H2,1H3,(H,21,22). The van der Waals surface area contributed by atoms with Gasteiger partial charge in [0.2, 0.25) is 0 Å². The summed E-state index contributed by atoms with van der Waals surface area (Å²) < 4.78 is 0. The third kappa shape index (κ3) is 3.00. The number of nitrogens with one attached hydrogen (secondary N) is 1. The van der Waals surface area contributed by atoms with Gasteiger partial charge in [-0.1, -0.05) is 0 Å². The lowest BCUT2D eigenvalue weighted by molar-refractivity contribution is 0.0328. The molecule has 0 bridgehead atoms. The number of amides is 1. The molecule has 2 aliphatic rings. The molecule has 8 heteroatoms. The van der Waals surface area contributed by atoms with Crippen molar-refractivity contribution in [2.24, 2.45) is 5.92 Å². The number of fused-ring (bicyclic) bond motifs is 1. The van der Waals surface area contributed by atoms with Crippen LogP contribution in [-0.4, -0.2) is 43.7 Å². The molecule has 3 aromatic heterocycles. The number of thiazole rings is 1. The Morgan fingerprint density at radius 1 is 1.36 bits per heavy atom. The van der Waals surface area contributed by atoms with Crippen LogP contribution in [0.4, 0.5) is 0 Å². The van der Waals surface area contributed by atoms with Crippen molar-refractivity contribution in [3.8, 4) is 10.4 Å². The monoisotopic (exact) mass is 414 g/mol. The predicted octanol–water partition coefficient (Wildman–Crippen LogP) is 3.81. The van der Waals surface area contributed by atoms with Crippen molar-refractivity contribution in [1.82, 2.24) is 20.1 Å². The highest BCUT2D eigenvalue weighted by molar-refractivity contribution is 7.13. The van der Waals surface area contributed by atoms with Gasteiger partial charge >= 0.3 is 0 Å². The van der Waals surface area contributed by atoms with Crippen LogP contribution < -0.4 is 0 Å². The Kier molecular flexibility index (Phi) is 4.37. The van der Waals surface area contributed by atoms with Gasteiger partial charge in [0.1, 0.15) is 10.6 Å². The lowest BCUT2D eigenvalue weighted by Crippen LogP contribution is -2.46. The highest BCUT2D eigenvalue weighted by atomic mass is 32.1. The number of aliphatic hydroxyl groups is 1. The fourth-order valence-corrected chi connectivity index (χ4v) is 6.44. The summed E-state index contributed by atoms with van der Waals surface area (Å²) in [6.45, 7) is 2.71. The SMILES string of the molecule is Cc1csc(C2(O)CC3CCCN(C(=O)c4csc(-c5cn[nH]c5)c4)C3C2)n1. The summed E-state index contributed by atoms with van der Waals surface area (Å²) in [5, 5.41) is 22.8. The van der Waals surface area contributed by atoms with Crippen LogP contribution in [0.25, 0.3) is 10.4 Å². The number of aromatic amines is 1. The first-order chi connectivity index (χ1) is 13.5. The molecule has 1 amide bonds. The van der Waals surface area contributed by atoms with Gasteiger partial charge in [0, 0.05) is 52.1 Å². The van der Waals surface area contributed by atoms with Crippen molar-refractivity contribution in [3.63, 3.8) is 0 Å². The van der Waals surface area contributed by atoms with Crippen molar-refractivity contribution in [1.29, 1.82) is 0 Å². The smallest absolute Gasteiger partial charge is 0.254 e. The number of carbonyl (C=O) groups is 1. The molecular weight excluding hydrogens is 392 g/mol. The normalized spacial score (nSPS) is 27.1. The first-order valence-corrected chi connectivity index (χ1v) is 11.3. The average Bonchev–Trinajstić information content (AvgIpc) is 3.45. The molecule has 3 unspecified atom stereocenters. The van der Waals surface area contributed by atoms with Crippen LogP contribution in [0.5, 0.6) is 0 Å². The Labute approximate surface area is 171 Å². The number of likely N-dealkylation sites (tertiary alicyclic amines) is 1. The second-order valence-electron chi connectivity index (χ2n) is 7.89. The summed E-state index contributed by atoms with van der Waals surface area (Å²) >= 11 is 3.09. The summed E-state index contributed by atoms with van der Waals surface area (Å²) in [5.41, 5.74) is 1.76. The van der Waals surface area contributed by atoms with Crippen molar-refractivity contribution in [2.75, 3.05) is 6.54 Å². The number of nitrogens with zero attached hydrogens (tertiary/aromatic N) is 3. The molecule has 2 fully saturated rings. The van der Waals surface area contributed by atoms with Gasteiger partial charge < -0.3 is 10.0 Å². The van der Waals surface area contributed by atoms with E-state index in [1.165, 1.54) is 11.3 Å². The number of carbonyl (C=O) groups excluding carboxylic acids is 1. The molecular formula is C20H22N4O2S2. The minimum atomic E-state index is -0.909. The number of aryl methyl sites for hydroxylation is 1. The molecule has 4 heterocycles. The van der Waals surface area contributed by atoms with Crippen LogP contribution in [0.3, 0.4) is 0 Å². The molecule has 3 aromatic rings. The highest BCUT2D eigenvalue weighted by Gasteiger charge is 2.51. The Bertz CT molecular complexity index is 996. The molecule has 0 radical (unpaired) electrons. The molecule has 6 nitrogen and oxygen atoms in total. The van der Waals surface area contributed by atoms with Crippen LogP contribution in [0.15, 0.2) is 29.2 Å². The number of hydrogen-bond donors (Lipinski definition) is 2. The van der Waals surface area contributed by atoms with E-state index in [0.717, 1.165) is 46.1 Å². The van der Waals surface area contributed by atoms with Gasteiger partial charge in [-0.3, -0.25) is 9.89 Å². The average molecular weight is 415 g/mol. The van der Waals surface area contributed by atoms with Gasteiger partial charge in [-0.2, -0.15) is 5.10 Å². The van der Waals surface area contributed by atoms with E-state index in [4.69, 9.17) is 0 Å². The minimum absolute atomic E-state index is 0.0697. The number of aromatic nitrogens is 3. The third-order valence-electron chi connectivity index (χ3n) is 5.97. The minimum Gasteiger partial charge on any atom is -0.383 e. The summed E-state index contributed by atoms with van der Waals surface area (Å²) in [6.07, 6.45) is 6.92. The van der Waals surface area contributed by atoms with Crippen molar-refractivity contribution < 1.29 is 9.90 Å². The molecule has 28 heavy (non-hydrogen) atoms. The second kappa shape index (κ2) is 6.79. The summed E-state index contributed by atoms with van der Waals surface area (Å²) in [7, 11) is 0. The summed E-state index contributed by atoms with van der Waals surface area (Å²) in [5.74, 6) is 0.402. The largest absolute Gasteiger partial charge is 0.383 e. The Balaban J connectivity index is 1.39. The molecule has 3 atom stereocenters. The van der Waals surface area contributed by atoms with E-state index in [2.05, 4.69) is 15.2 Å². The van der Waals surface area contributed by atoms with Gasteiger partial charge in [0.15, 0.2) is 0 Å². The number of H-pyrrole nitrogens is 1. The Morgan fingerprint density at radius 2 is 2.25 bits per heavy atom. The molecule has 1 aliphatic heterocycles. The third-order valence-corrected chi connectivity index (χ3v) is 8.10. The predicted molar refractivity (Wildman–Crippen MR) is 109 cm³/mol. The first-order valence-electron chi connectivity index (χ1n) is 9.57. The van der Waals surface area contributed by atoms with E-state index >= 15 is 0 Å². The summed E-state index contributed by atoms with van der Waals surface area (Å²) in [4.78, 5) is 20.9. The fourth-order valence-electron chi connectivity index (χ4n) is 4.66. The topological polar surface area (TPSA) is 82.1 Å². The second-order valence-corrected chi connectivity index (χ2v) is 9.66. The van der Waals surface area contributed by atoms with Crippen LogP contribution in [0.2, 0.25) is 0 Å². The Morgan fingerprint density at radius 3 is 3.00 bits per heavy atom. The first kappa shape index (κ1) is 18.0. The molecule has 0 spiro atoms. The van der Waals surface area contributed by atoms with Gasteiger partial charge in [-0.05, 0) is 38.2 Å². The zero-order valence-electron chi connectivity index (χ0n) is 15.6. The molecule has 1 aliphatic carbocycles. The van der Waals surface area contributed by atoms with E-state index in [1.807, 2.05) is 34.8 Å². The summed E-state index contributed by atoms with van der Waals surface area (Å²) in [6, 6.07) is 2.03. The molecule has 2 N–H and O–H groups in total.